The monoisotopic (exact) mass is 578 g/mol. The lowest BCUT2D eigenvalue weighted by molar-refractivity contribution is 0.0322. The molecule has 3 heterocycles. The smallest absolute Gasteiger partial charge is 0.435 e. The summed E-state index contributed by atoms with van der Waals surface area (Å²) in [6, 6.07) is 11.9. The third kappa shape index (κ3) is 6.52. The van der Waals surface area contributed by atoms with Gasteiger partial charge in [0.2, 0.25) is 0 Å². The lowest BCUT2D eigenvalue weighted by Crippen LogP contribution is -2.38. The molecule has 11 nitrogen and oxygen atoms in total. The Morgan fingerprint density at radius 2 is 1.57 bits per heavy atom. The molecule has 0 atom stereocenters. The predicted octanol–water partition coefficient (Wildman–Crippen LogP) is 5.64. The maximum atomic E-state index is 13.6. The Bertz CT molecular complexity index is 1620. The van der Waals surface area contributed by atoms with Gasteiger partial charge in [0.05, 0.1) is 29.9 Å². The number of fused-ring (bicyclic) bond motifs is 2. The predicted molar refractivity (Wildman–Crippen MR) is 158 cm³/mol. The highest BCUT2D eigenvalue weighted by atomic mass is 16.6. The standard InChI is InChI=1S/C31H38N4O7/c1-30(2,3)41-28(37)34-24-10-8-22(40-16-13-33-11-14-39-15-12-33)17-20(24)18-26(34)27-23-19-21(36)7-9-25(23)35(32-27)29(38)42-31(4,5)6/h7-10,17-19,36H,11-16H2,1-6H3. The van der Waals surface area contributed by atoms with Gasteiger partial charge in [-0.15, -0.1) is 0 Å². The van der Waals surface area contributed by atoms with Crippen LogP contribution in [0, 0.1) is 0 Å². The number of benzene rings is 2. The maximum absolute atomic E-state index is 13.6. The van der Waals surface area contributed by atoms with Crippen molar-refractivity contribution in [3.63, 3.8) is 0 Å². The van der Waals surface area contributed by atoms with Crippen LogP contribution in [0.2, 0.25) is 0 Å². The van der Waals surface area contributed by atoms with E-state index in [0.717, 1.165) is 42.9 Å². The van der Waals surface area contributed by atoms with E-state index < -0.39 is 23.4 Å². The molecule has 1 N–H and O–H groups in total. The van der Waals surface area contributed by atoms with E-state index in [1.165, 1.54) is 16.7 Å². The van der Waals surface area contributed by atoms with E-state index in [9.17, 15) is 14.7 Å². The van der Waals surface area contributed by atoms with Gasteiger partial charge in [-0.2, -0.15) is 9.78 Å². The van der Waals surface area contributed by atoms with Crippen molar-refractivity contribution in [3.05, 3.63) is 42.5 Å². The summed E-state index contributed by atoms with van der Waals surface area (Å²) < 4.78 is 25.4. The van der Waals surface area contributed by atoms with Crippen LogP contribution in [0.3, 0.4) is 0 Å². The highest BCUT2D eigenvalue weighted by molar-refractivity contribution is 6.03. The fourth-order valence-electron chi connectivity index (χ4n) is 4.82. The first kappa shape index (κ1) is 29.4. The molecule has 1 aliphatic heterocycles. The second-order valence-corrected chi connectivity index (χ2v) is 12.3. The topological polar surface area (TPSA) is 117 Å². The Hall–Kier alpha value is -4.09. The third-order valence-electron chi connectivity index (χ3n) is 6.60. The van der Waals surface area contributed by atoms with Crippen LogP contribution in [0.25, 0.3) is 33.2 Å². The number of phenolic OH excluding ortho intramolecular Hbond substituents is 1. The number of carbonyl (C=O) groups excluding carboxylic acids is 2. The average molecular weight is 579 g/mol. The first-order chi connectivity index (χ1) is 19.8. The van der Waals surface area contributed by atoms with Crippen LogP contribution in [-0.2, 0) is 14.2 Å². The molecule has 0 bridgehead atoms. The summed E-state index contributed by atoms with van der Waals surface area (Å²) in [5, 5.41) is 16.1. The molecule has 1 fully saturated rings. The summed E-state index contributed by atoms with van der Waals surface area (Å²) in [6.45, 7) is 15.2. The average Bonchev–Trinajstić information content (AvgIpc) is 3.45. The summed E-state index contributed by atoms with van der Waals surface area (Å²) in [5.74, 6) is 0.647. The van der Waals surface area contributed by atoms with Gasteiger partial charge in [0.25, 0.3) is 0 Å². The van der Waals surface area contributed by atoms with E-state index in [4.69, 9.17) is 18.9 Å². The molecule has 1 aliphatic rings. The van der Waals surface area contributed by atoms with Crippen LogP contribution in [0.4, 0.5) is 9.59 Å². The molecule has 11 heteroatoms. The molecule has 224 valence electrons. The van der Waals surface area contributed by atoms with E-state index in [2.05, 4.69) is 10.00 Å². The Morgan fingerprint density at radius 1 is 0.905 bits per heavy atom. The number of aromatic nitrogens is 3. The first-order valence-corrected chi connectivity index (χ1v) is 14.1. The number of hydrogen-bond donors (Lipinski definition) is 1. The Morgan fingerprint density at radius 3 is 2.26 bits per heavy atom. The number of carbonyl (C=O) groups is 2. The Kier molecular flexibility index (Phi) is 7.91. The summed E-state index contributed by atoms with van der Waals surface area (Å²) in [6.07, 6.45) is -1.28. The van der Waals surface area contributed by atoms with E-state index >= 15 is 0 Å². The van der Waals surface area contributed by atoms with Gasteiger partial charge < -0.3 is 24.1 Å². The zero-order chi connectivity index (χ0) is 30.2. The van der Waals surface area contributed by atoms with Gasteiger partial charge in [-0.3, -0.25) is 4.90 Å². The highest BCUT2D eigenvalue weighted by Crippen LogP contribution is 2.36. The second-order valence-electron chi connectivity index (χ2n) is 12.3. The number of hydrogen-bond acceptors (Lipinski definition) is 9. The molecule has 0 saturated carbocycles. The molecule has 0 radical (unpaired) electrons. The van der Waals surface area contributed by atoms with Gasteiger partial charge in [-0.05, 0) is 84.0 Å². The molecule has 2 aromatic carbocycles. The summed E-state index contributed by atoms with van der Waals surface area (Å²) >= 11 is 0. The van der Waals surface area contributed by atoms with Crippen molar-refractivity contribution in [3.8, 4) is 22.9 Å². The lowest BCUT2D eigenvalue weighted by Gasteiger charge is -2.26. The van der Waals surface area contributed by atoms with Gasteiger partial charge in [0.1, 0.15) is 35.0 Å². The molecular weight excluding hydrogens is 540 g/mol. The minimum atomic E-state index is -0.760. The minimum Gasteiger partial charge on any atom is -0.508 e. The molecule has 5 rings (SSSR count). The van der Waals surface area contributed by atoms with Gasteiger partial charge in [-0.25, -0.2) is 14.2 Å². The largest absolute Gasteiger partial charge is 0.508 e. The highest BCUT2D eigenvalue weighted by Gasteiger charge is 2.28. The third-order valence-corrected chi connectivity index (χ3v) is 6.60. The maximum Gasteiger partial charge on any atom is 0.435 e. The molecule has 4 aromatic rings. The molecule has 0 unspecified atom stereocenters. The number of phenols is 1. The quantitative estimate of drug-likeness (QED) is 0.321. The van der Waals surface area contributed by atoms with Crippen molar-refractivity contribution in [2.45, 2.75) is 52.7 Å². The SMILES string of the molecule is CC(C)(C)OC(=O)n1nc(-c2cc3cc(OCCN4CCOCC4)ccc3n2C(=O)OC(C)(C)C)c2cc(O)ccc21. The molecule has 1 saturated heterocycles. The number of morpholine rings is 1. The van der Waals surface area contributed by atoms with Gasteiger partial charge in [-0.1, -0.05) is 0 Å². The second kappa shape index (κ2) is 11.3. The Labute approximate surface area is 244 Å². The van der Waals surface area contributed by atoms with Gasteiger partial charge >= 0.3 is 12.2 Å². The van der Waals surface area contributed by atoms with Crippen molar-refractivity contribution in [2.24, 2.45) is 0 Å². The summed E-state index contributed by atoms with van der Waals surface area (Å²) in [7, 11) is 0. The van der Waals surface area contributed by atoms with Crippen LogP contribution in [0.1, 0.15) is 41.5 Å². The van der Waals surface area contributed by atoms with Crippen molar-refractivity contribution < 1.29 is 33.6 Å². The molecule has 0 spiro atoms. The summed E-state index contributed by atoms with van der Waals surface area (Å²) in [4.78, 5) is 29.0. The zero-order valence-corrected chi connectivity index (χ0v) is 25.0. The number of rotatable bonds is 5. The lowest BCUT2D eigenvalue weighted by atomic mass is 10.1. The van der Waals surface area contributed by atoms with E-state index in [1.807, 2.05) is 12.1 Å². The van der Waals surface area contributed by atoms with Crippen molar-refractivity contribution >= 4 is 34.0 Å². The molecular formula is C31H38N4O7. The van der Waals surface area contributed by atoms with Crippen LogP contribution in [-0.4, -0.2) is 87.2 Å². The number of ether oxygens (including phenoxy) is 4. The van der Waals surface area contributed by atoms with Crippen molar-refractivity contribution in [2.75, 3.05) is 39.5 Å². The van der Waals surface area contributed by atoms with Gasteiger partial charge in [0.15, 0.2) is 0 Å². The molecule has 0 amide bonds. The van der Waals surface area contributed by atoms with Crippen LogP contribution in [0.15, 0.2) is 42.5 Å². The minimum absolute atomic E-state index is 0.0108. The fourth-order valence-corrected chi connectivity index (χ4v) is 4.82. The molecule has 2 aromatic heterocycles. The number of aromatic hydroxyl groups is 1. The van der Waals surface area contributed by atoms with Gasteiger partial charge in [0, 0.05) is 30.4 Å². The zero-order valence-electron chi connectivity index (χ0n) is 25.0. The first-order valence-electron chi connectivity index (χ1n) is 14.1. The normalized spacial score (nSPS) is 14.8. The van der Waals surface area contributed by atoms with E-state index in [-0.39, 0.29) is 5.75 Å². The summed E-state index contributed by atoms with van der Waals surface area (Å²) in [5.41, 5.74) is 0.191. The molecule has 42 heavy (non-hydrogen) atoms. The van der Waals surface area contributed by atoms with Crippen LogP contribution >= 0.6 is 0 Å². The fraction of sp³-hybridized carbons (Fsp3) is 0.452. The van der Waals surface area contributed by atoms with Crippen molar-refractivity contribution in [1.82, 2.24) is 19.2 Å². The Balaban J connectivity index is 1.59. The van der Waals surface area contributed by atoms with Crippen molar-refractivity contribution in [1.29, 1.82) is 0 Å². The molecule has 0 aliphatic carbocycles. The van der Waals surface area contributed by atoms with E-state index in [0.29, 0.717) is 40.2 Å². The van der Waals surface area contributed by atoms with Crippen LogP contribution in [0.5, 0.6) is 11.5 Å². The number of nitrogens with zero attached hydrogens (tertiary/aromatic N) is 4. The van der Waals surface area contributed by atoms with E-state index in [1.54, 1.807) is 59.7 Å². The van der Waals surface area contributed by atoms with Crippen LogP contribution < -0.4 is 4.74 Å².